The van der Waals surface area contributed by atoms with Crippen molar-refractivity contribution in [1.82, 2.24) is 4.90 Å². The van der Waals surface area contributed by atoms with Crippen LogP contribution in [0.3, 0.4) is 0 Å². The van der Waals surface area contributed by atoms with Crippen LogP contribution in [-0.2, 0) is 9.59 Å². The number of benzene rings is 2. The number of hydrogen-bond donors (Lipinski definition) is 1. The van der Waals surface area contributed by atoms with Crippen molar-refractivity contribution in [3.05, 3.63) is 54.3 Å². The minimum atomic E-state index is -0.449. The van der Waals surface area contributed by atoms with Gasteiger partial charge in [0.05, 0.1) is 13.2 Å². The number of amides is 2. The molecule has 0 radical (unpaired) electrons. The number of para-hydroxylation sites is 2. The first-order valence-electron chi connectivity index (χ1n) is 8.63. The maximum atomic E-state index is 13.1. The maximum absolute atomic E-state index is 13.1. The first-order chi connectivity index (χ1) is 13.0. The van der Waals surface area contributed by atoms with E-state index in [2.05, 4.69) is 5.32 Å². The molecule has 144 valence electrons. The zero-order valence-corrected chi connectivity index (χ0v) is 15.4. The smallest absolute Gasteiger partial charge is 0.260 e. The second kappa shape index (κ2) is 10.2. The predicted octanol–water partition coefficient (Wildman–Crippen LogP) is 3.09. The van der Waals surface area contributed by atoms with Crippen LogP contribution >= 0.6 is 0 Å². The summed E-state index contributed by atoms with van der Waals surface area (Å²) in [5.41, 5.74) is 0.332. The second-order valence-corrected chi connectivity index (χ2v) is 5.89. The normalized spacial score (nSPS) is 10.2. The lowest BCUT2D eigenvalue weighted by atomic mass is 10.3. The summed E-state index contributed by atoms with van der Waals surface area (Å²) in [6, 6.07) is 12.6. The van der Waals surface area contributed by atoms with E-state index in [9.17, 15) is 14.0 Å². The van der Waals surface area contributed by atoms with Crippen molar-refractivity contribution in [1.29, 1.82) is 0 Å². The molecule has 1 N–H and O–H groups in total. The molecule has 0 spiro atoms. The lowest BCUT2D eigenvalue weighted by molar-refractivity contribution is -0.135. The van der Waals surface area contributed by atoms with Crippen molar-refractivity contribution in [2.24, 2.45) is 0 Å². The summed E-state index contributed by atoms with van der Waals surface area (Å²) in [6.45, 7) is 2.15. The molecule has 0 aliphatic rings. The van der Waals surface area contributed by atoms with Gasteiger partial charge < -0.3 is 19.7 Å². The fraction of sp³-hybridized carbons (Fsp3) is 0.300. The number of ether oxygens (including phenoxy) is 2. The van der Waals surface area contributed by atoms with Crippen LogP contribution in [-0.4, -0.2) is 43.5 Å². The van der Waals surface area contributed by atoms with Crippen LogP contribution in [0, 0.1) is 5.82 Å². The number of anilines is 1. The molecular weight excluding hydrogens is 351 g/mol. The minimum Gasteiger partial charge on any atom is -0.490 e. The van der Waals surface area contributed by atoms with E-state index in [1.54, 1.807) is 24.3 Å². The third-order valence-electron chi connectivity index (χ3n) is 3.58. The fourth-order valence-corrected chi connectivity index (χ4v) is 2.22. The monoisotopic (exact) mass is 374 g/mol. The number of nitrogens with zero attached hydrogens (tertiary/aromatic N) is 1. The number of carbonyl (C=O) groups excluding carboxylic acids is 2. The molecule has 6 nitrogen and oxygen atoms in total. The third-order valence-corrected chi connectivity index (χ3v) is 3.58. The van der Waals surface area contributed by atoms with Crippen molar-refractivity contribution in [3.63, 3.8) is 0 Å². The van der Waals surface area contributed by atoms with Crippen molar-refractivity contribution in [3.8, 4) is 11.5 Å². The van der Waals surface area contributed by atoms with E-state index in [0.717, 1.165) is 6.42 Å². The van der Waals surface area contributed by atoms with Gasteiger partial charge in [-0.15, -0.1) is 0 Å². The quantitative estimate of drug-likeness (QED) is 0.732. The predicted molar refractivity (Wildman–Crippen MR) is 100 cm³/mol. The summed E-state index contributed by atoms with van der Waals surface area (Å²) in [7, 11) is 1.50. The average Bonchev–Trinajstić information content (AvgIpc) is 2.64. The Hall–Kier alpha value is -3.09. The van der Waals surface area contributed by atoms with Gasteiger partial charge in [-0.25, -0.2) is 4.39 Å². The van der Waals surface area contributed by atoms with Gasteiger partial charge in [0.25, 0.3) is 5.91 Å². The van der Waals surface area contributed by atoms with E-state index in [0.29, 0.717) is 23.8 Å². The SMILES string of the molecule is CCCOc1ccccc1OCC(=O)N(C)CC(=O)Nc1cccc(F)c1. The highest BCUT2D eigenvalue weighted by Gasteiger charge is 2.15. The largest absolute Gasteiger partial charge is 0.490 e. The van der Waals surface area contributed by atoms with Gasteiger partial charge in [-0.3, -0.25) is 9.59 Å². The number of likely N-dealkylation sites (N-methyl/N-ethyl adjacent to an activating group) is 1. The fourth-order valence-electron chi connectivity index (χ4n) is 2.22. The number of hydrogen-bond acceptors (Lipinski definition) is 4. The lowest BCUT2D eigenvalue weighted by Crippen LogP contribution is -2.37. The van der Waals surface area contributed by atoms with Gasteiger partial charge >= 0.3 is 0 Å². The summed E-state index contributed by atoms with van der Waals surface area (Å²) < 4.78 is 24.2. The van der Waals surface area contributed by atoms with Gasteiger partial charge in [0, 0.05) is 12.7 Å². The Bertz CT molecular complexity index is 782. The second-order valence-electron chi connectivity index (χ2n) is 5.89. The van der Waals surface area contributed by atoms with Crippen LogP contribution in [0.4, 0.5) is 10.1 Å². The summed E-state index contributed by atoms with van der Waals surface area (Å²) in [5.74, 6) is -0.206. The van der Waals surface area contributed by atoms with Gasteiger partial charge in [0.2, 0.25) is 5.91 Å². The zero-order valence-electron chi connectivity index (χ0n) is 15.4. The van der Waals surface area contributed by atoms with Crippen LogP contribution < -0.4 is 14.8 Å². The molecule has 0 heterocycles. The first kappa shape index (κ1) is 20.2. The van der Waals surface area contributed by atoms with Crippen LogP contribution in [0.5, 0.6) is 11.5 Å². The van der Waals surface area contributed by atoms with Gasteiger partial charge in [0.1, 0.15) is 5.82 Å². The first-order valence-corrected chi connectivity index (χ1v) is 8.63. The van der Waals surface area contributed by atoms with E-state index in [-0.39, 0.29) is 19.1 Å². The molecule has 2 rings (SSSR count). The van der Waals surface area contributed by atoms with E-state index in [4.69, 9.17) is 9.47 Å². The van der Waals surface area contributed by atoms with Crippen LogP contribution in [0.1, 0.15) is 13.3 Å². The Labute approximate surface area is 157 Å². The molecule has 2 aromatic carbocycles. The molecule has 0 unspecified atom stereocenters. The lowest BCUT2D eigenvalue weighted by Gasteiger charge is -2.18. The van der Waals surface area contributed by atoms with Crippen molar-refractivity contribution < 1.29 is 23.5 Å². The Morgan fingerprint density at radius 1 is 1.07 bits per heavy atom. The Morgan fingerprint density at radius 3 is 2.44 bits per heavy atom. The molecule has 0 bridgehead atoms. The molecule has 0 fully saturated rings. The number of rotatable bonds is 9. The standard InChI is InChI=1S/C20H23FN2O4/c1-3-11-26-17-9-4-5-10-18(17)27-14-20(25)23(2)13-19(24)22-16-8-6-7-15(21)12-16/h4-10,12H,3,11,13-14H2,1-2H3,(H,22,24). The molecule has 0 aliphatic carbocycles. The van der Waals surface area contributed by atoms with Crippen molar-refractivity contribution in [2.75, 3.05) is 32.1 Å². The highest BCUT2D eigenvalue weighted by molar-refractivity contribution is 5.94. The Balaban J connectivity index is 1.84. The van der Waals surface area contributed by atoms with Gasteiger partial charge in [-0.2, -0.15) is 0 Å². The van der Waals surface area contributed by atoms with Crippen molar-refractivity contribution >= 4 is 17.5 Å². The van der Waals surface area contributed by atoms with E-state index in [1.807, 2.05) is 13.0 Å². The van der Waals surface area contributed by atoms with E-state index >= 15 is 0 Å². The highest BCUT2D eigenvalue weighted by atomic mass is 19.1. The molecule has 0 aliphatic heterocycles. The minimum absolute atomic E-state index is 0.174. The highest BCUT2D eigenvalue weighted by Crippen LogP contribution is 2.26. The van der Waals surface area contributed by atoms with Crippen LogP contribution in [0.15, 0.2) is 48.5 Å². The van der Waals surface area contributed by atoms with Gasteiger partial charge in [-0.1, -0.05) is 25.1 Å². The Kier molecular flexibility index (Phi) is 7.61. The number of halogens is 1. The topological polar surface area (TPSA) is 67.9 Å². The molecule has 0 saturated heterocycles. The molecule has 0 aromatic heterocycles. The summed E-state index contributed by atoms with van der Waals surface area (Å²) >= 11 is 0. The molecule has 2 amide bonds. The molecule has 2 aromatic rings. The van der Waals surface area contributed by atoms with Crippen LogP contribution in [0.25, 0.3) is 0 Å². The summed E-state index contributed by atoms with van der Waals surface area (Å²) in [4.78, 5) is 25.4. The number of nitrogens with one attached hydrogen (secondary N) is 1. The van der Waals surface area contributed by atoms with E-state index in [1.165, 1.54) is 30.1 Å². The molecule has 0 saturated carbocycles. The molecule has 0 atom stereocenters. The average molecular weight is 374 g/mol. The van der Waals surface area contributed by atoms with Gasteiger partial charge in [-0.05, 0) is 36.8 Å². The number of carbonyl (C=O) groups is 2. The molecule has 27 heavy (non-hydrogen) atoms. The zero-order chi connectivity index (χ0) is 19.6. The third kappa shape index (κ3) is 6.62. The van der Waals surface area contributed by atoms with Gasteiger partial charge in [0.15, 0.2) is 18.1 Å². The van der Waals surface area contributed by atoms with E-state index < -0.39 is 11.7 Å². The summed E-state index contributed by atoms with van der Waals surface area (Å²) in [5, 5.41) is 2.54. The maximum Gasteiger partial charge on any atom is 0.260 e. The van der Waals surface area contributed by atoms with Crippen molar-refractivity contribution in [2.45, 2.75) is 13.3 Å². The summed E-state index contributed by atoms with van der Waals surface area (Å²) in [6.07, 6.45) is 0.858. The molecule has 7 heteroatoms. The Morgan fingerprint density at radius 2 is 1.78 bits per heavy atom. The molecular formula is C20H23FN2O4. The van der Waals surface area contributed by atoms with Crippen LogP contribution in [0.2, 0.25) is 0 Å².